The fourth-order valence-corrected chi connectivity index (χ4v) is 6.43. The van der Waals surface area contributed by atoms with E-state index in [0.29, 0.717) is 18.4 Å². The Labute approximate surface area is 165 Å². The van der Waals surface area contributed by atoms with Gasteiger partial charge in [-0.3, -0.25) is 0 Å². The lowest BCUT2D eigenvalue weighted by molar-refractivity contribution is 0.0116. The molecule has 3 aliphatic rings. The van der Waals surface area contributed by atoms with Crippen LogP contribution in [0.3, 0.4) is 0 Å². The lowest BCUT2D eigenvalue weighted by atomic mass is 9.65. The van der Waals surface area contributed by atoms with E-state index in [1.54, 1.807) is 0 Å². The third kappa shape index (κ3) is 6.54. The smallest absolute Gasteiger partial charge is 0.266 e. The van der Waals surface area contributed by atoms with Crippen molar-refractivity contribution >= 4 is 0 Å². The van der Waals surface area contributed by atoms with E-state index in [9.17, 15) is 8.78 Å². The van der Waals surface area contributed by atoms with Gasteiger partial charge in [0.15, 0.2) is 0 Å². The van der Waals surface area contributed by atoms with Gasteiger partial charge < -0.3 is 4.74 Å². The summed E-state index contributed by atoms with van der Waals surface area (Å²) in [7, 11) is 0. The average molecular weight is 383 g/mol. The van der Waals surface area contributed by atoms with Crippen LogP contribution in [0.15, 0.2) is 12.2 Å². The van der Waals surface area contributed by atoms with Crippen molar-refractivity contribution in [3.05, 3.63) is 12.2 Å². The zero-order chi connectivity index (χ0) is 19.1. The molecule has 0 amide bonds. The zero-order valence-electron chi connectivity index (χ0n) is 17.3. The van der Waals surface area contributed by atoms with Crippen molar-refractivity contribution in [3.8, 4) is 0 Å². The van der Waals surface area contributed by atoms with Crippen molar-refractivity contribution in [2.24, 2.45) is 29.6 Å². The van der Waals surface area contributed by atoms with Gasteiger partial charge in [0.2, 0.25) is 0 Å². The second-order valence-corrected chi connectivity index (χ2v) is 9.52. The number of hydrogen-bond donors (Lipinski definition) is 0. The molecule has 0 spiro atoms. The highest BCUT2D eigenvalue weighted by atomic mass is 19.3. The summed E-state index contributed by atoms with van der Waals surface area (Å²) in [5.41, 5.74) is 0. The molecule has 0 radical (unpaired) electrons. The van der Waals surface area contributed by atoms with Gasteiger partial charge in [-0.2, -0.15) is 8.78 Å². The minimum absolute atomic E-state index is 0.537. The molecule has 0 N–H and O–H groups in total. The minimum atomic E-state index is -1.51. The van der Waals surface area contributed by atoms with Gasteiger partial charge in [0.25, 0.3) is 6.08 Å². The van der Waals surface area contributed by atoms with Crippen LogP contribution in [-0.2, 0) is 4.74 Å². The van der Waals surface area contributed by atoms with Crippen LogP contribution in [0.4, 0.5) is 8.78 Å². The van der Waals surface area contributed by atoms with Crippen molar-refractivity contribution in [1.29, 1.82) is 0 Å². The van der Waals surface area contributed by atoms with Crippen LogP contribution in [0.5, 0.6) is 0 Å². The standard InChI is InChI=1S/C24H40F2O/c1-2-27-23-16-14-22(15-17-23)21-12-10-20(11-13-21)19-8-6-18(7-9-19)4-3-5-24(25)26/h5,18-23H,2-4,6-17H2,1H3. The van der Waals surface area contributed by atoms with Crippen molar-refractivity contribution in [2.75, 3.05) is 6.61 Å². The van der Waals surface area contributed by atoms with E-state index in [2.05, 4.69) is 6.92 Å². The summed E-state index contributed by atoms with van der Waals surface area (Å²) in [6, 6.07) is 0. The van der Waals surface area contributed by atoms with Crippen LogP contribution >= 0.6 is 0 Å². The molecule has 3 heteroatoms. The molecular weight excluding hydrogens is 342 g/mol. The highest BCUT2D eigenvalue weighted by Gasteiger charge is 2.34. The largest absolute Gasteiger partial charge is 0.379 e. The molecule has 3 rings (SSSR count). The predicted octanol–water partition coefficient (Wildman–Crippen LogP) is 7.76. The topological polar surface area (TPSA) is 9.23 Å². The first kappa shape index (κ1) is 21.3. The fourth-order valence-electron chi connectivity index (χ4n) is 6.43. The molecule has 3 aliphatic carbocycles. The molecule has 0 aromatic carbocycles. The molecule has 156 valence electrons. The van der Waals surface area contributed by atoms with Crippen LogP contribution in [0.25, 0.3) is 0 Å². The molecule has 0 saturated heterocycles. The maximum atomic E-state index is 12.2. The van der Waals surface area contributed by atoms with Gasteiger partial charge in [0.1, 0.15) is 0 Å². The highest BCUT2D eigenvalue weighted by Crippen LogP contribution is 2.45. The van der Waals surface area contributed by atoms with Crippen molar-refractivity contribution in [2.45, 2.75) is 103 Å². The van der Waals surface area contributed by atoms with Gasteiger partial charge in [0, 0.05) is 6.61 Å². The van der Waals surface area contributed by atoms with Gasteiger partial charge in [-0.25, -0.2) is 0 Å². The molecule has 27 heavy (non-hydrogen) atoms. The van der Waals surface area contributed by atoms with E-state index in [0.717, 1.165) is 42.8 Å². The van der Waals surface area contributed by atoms with Crippen LogP contribution in [-0.4, -0.2) is 12.7 Å². The highest BCUT2D eigenvalue weighted by molar-refractivity contribution is 4.87. The summed E-state index contributed by atoms with van der Waals surface area (Å²) < 4.78 is 30.2. The monoisotopic (exact) mass is 382 g/mol. The first-order valence-electron chi connectivity index (χ1n) is 11.8. The summed E-state index contributed by atoms with van der Waals surface area (Å²) in [6.07, 6.45) is 18.0. The first-order chi connectivity index (χ1) is 13.2. The molecule has 3 fully saturated rings. The Morgan fingerprint density at radius 1 is 0.741 bits per heavy atom. The van der Waals surface area contributed by atoms with Crippen LogP contribution in [0.2, 0.25) is 0 Å². The Hall–Kier alpha value is -0.440. The number of rotatable bonds is 7. The summed E-state index contributed by atoms with van der Waals surface area (Å²) in [4.78, 5) is 0. The second kappa shape index (κ2) is 10.9. The lowest BCUT2D eigenvalue weighted by Gasteiger charge is -2.41. The van der Waals surface area contributed by atoms with E-state index in [1.165, 1.54) is 77.0 Å². The van der Waals surface area contributed by atoms with Gasteiger partial charge >= 0.3 is 0 Å². The van der Waals surface area contributed by atoms with E-state index < -0.39 is 6.08 Å². The molecule has 0 bridgehead atoms. The average Bonchev–Trinajstić information content (AvgIpc) is 2.69. The quantitative estimate of drug-likeness (QED) is 0.437. The van der Waals surface area contributed by atoms with E-state index in [-0.39, 0.29) is 0 Å². The van der Waals surface area contributed by atoms with E-state index >= 15 is 0 Å². The molecule has 0 heterocycles. The molecule has 1 nitrogen and oxygen atoms in total. The third-order valence-corrected chi connectivity index (χ3v) is 8.04. The maximum absolute atomic E-state index is 12.2. The summed E-state index contributed by atoms with van der Waals surface area (Å²) in [6.45, 7) is 2.98. The number of hydrogen-bond acceptors (Lipinski definition) is 1. The molecule has 0 aromatic heterocycles. The maximum Gasteiger partial charge on any atom is 0.266 e. The molecule has 3 saturated carbocycles. The lowest BCUT2D eigenvalue weighted by Crippen LogP contribution is -2.31. The van der Waals surface area contributed by atoms with Crippen LogP contribution in [0.1, 0.15) is 96.8 Å². The Balaban J connectivity index is 1.32. The third-order valence-electron chi connectivity index (χ3n) is 8.04. The Bertz CT molecular complexity index is 435. The molecule has 0 unspecified atom stereocenters. The molecule has 0 atom stereocenters. The van der Waals surface area contributed by atoms with Crippen molar-refractivity contribution in [3.63, 3.8) is 0 Å². The van der Waals surface area contributed by atoms with Crippen molar-refractivity contribution in [1.82, 2.24) is 0 Å². The first-order valence-corrected chi connectivity index (χ1v) is 11.8. The van der Waals surface area contributed by atoms with Gasteiger partial charge in [-0.05, 0) is 120 Å². The SMILES string of the molecule is CCOC1CCC(C2CCC(C3CCC(CCC=C(F)F)CC3)CC2)CC1. The molecule has 0 aliphatic heterocycles. The normalized spacial score (nSPS) is 37.7. The Morgan fingerprint density at radius 2 is 1.19 bits per heavy atom. The van der Waals surface area contributed by atoms with Crippen molar-refractivity contribution < 1.29 is 13.5 Å². The molecule has 0 aromatic rings. The summed E-state index contributed by atoms with van der Waals surface area (Å²) in [5, 5.41) is 0. The molecular formula is C24H40F2O. The minimum Gasteiger partial charge on any atom is -0.379 e. The van der Waals surface area contributed by atoms with Crippen LogP contribution in [0, 0.1) is 29.6 Å². The number of allylic oxidation sites excluding steroid dienone is 1. The number of ether oxygens (including phenoxy) is 1. The van der Waals surface area contributed by atoms with Gasteiger partial charge in [0.05, 0.1) is 6.10 Å². The summed E-state index contributed by atoms with van der Waals surface area (Å²) in [5.74, 6) is 4.49. The van der Waals surface area contributed by atoms with Gasteiger partial charge in [-0.1, -0.05) is 12.8 Å². The van der Waals surface area contributed by atoms with E-state index in [4.69, 9.17) is 4.74 Å². The summed E-state index contributed by atoms with van der Waals surface area (Å²) >= 11 is 0. The fraction of sp³-hybridized carbons (Fsp3) is 0.917. The van der Waals surface area contributed by atoms with Crippen LogP contribution < -0.4 is 0 Å². The predicted molar refractivity (Wildman–Crippen MR) is 108 cm³/mol. The van der Waals surface area contributed by atoms with Gasteiger partial charge in [-0.15, -0.1) is 0 Å². The Kier molecular flexibility index (Phi) is 8.61. The number of halogens is 2. The Morgan fingerprint density at radius 3 is 1.63 bits per heavy atom. The second-order valence-electron chi connectivity index (χ2n) is 9.52. The zero-order valence-corrected chi connectivity index (χ0v) is 17.3. The van der Waals surface area contributed by atoms with E-state index in [1.807, 2.05) is 0 Å².